The van der Waals surface area contributed by atoms with Gasteiger partial charge in [-0.2, -0.15) is 5.10 Å². The zero-order valence-electron chi connectivity index (χ0n) is 22.8. The van der Waals surface area contributed by atoms with Gasteiger partial charge in [-0.05, 0) is 76.1 Å². The number of hydrazone groups is 1. The molecule has 0 bridgehead atoms. The van der Waals surface area contributed by atoms with Crippen molar-refractivity contribution in [2.24, 2.45) is 10.9 Å². The van der Waals surface area contributed by atoms with E-state index in [-0.39, 0.29) is 0 Å². The Hall–Kier alpha value is -5.81. The van der Waals surface area contributed by atoms with Crippen LogP contribution < -0.4 is 10.9 Å². The fourth-order valence-electron chi connectivity index (χ4n) is 5.08. The molecule has 0 radical (unpaired) electrons. The van der Waals surface area contributed by atoms with Crippen LogP contribution in [0.2, 0.25) is 0 Å². The first-order valence-corrected chi connectivity index (χ1v) is 13.8. The smallest absolute Gasteiger partial charge is 0.172 e. The summed E-state index contributed by atoms with van der Waals surface area (Å²) in [6.45, 7) is 0.434. The molecule has 0 spiro atoms. The van der Waals surface area contributed by atoms with E-state index in [1.54, 1.807) is 5.01 Å². The monoisotopic (exact) mass is 538 g/mol. The summed E-state index contributed by atoms with van der Waals surface area (Å²) >= 11 is 0. The fourth-order valence-corrected chi connectivity index (χ4v) is 5.08. The lowest BCUT2D eigenvalue weighted by molar-refractivity contribution is 0.472. The third kappa shape index (κ3) is 5.31. The summed E-state index contributed by atoms with van der Waals surface area (Å²) in [5, 5.41) is 13.2. The largest absolute Gasteiger partial charge is 0.271 e. The molecule has 0 saturated carbocycles. The predicted octanol–water partition coefficient (Wildman–Crippen LogP) is 7.11. The van der Waals surface area contributed by atoms with E-state index in [9.17, 15) is 0 Å². The normalized spacial score (nSPS) is 12.5. The van der Waals surface area contributed by atoms with Crippen LogP contribution in [-0.4, -0.2) is 17.5 Å². The van der Waals surface area contributed by atoms with E-state index in [0.717, 1.165) is 33.5 Å². The van der Waals surface area contributed by atoms with Crippen LogP contribution in [0.1, 0.15) is 27.8 Å². The molecule has 1 aliphatic rings. The van der Waals surface area contributed by atoms with Gasteiger partial charge in [-0.25, -0.2) is 10.9 Å². The highest BCUT2D eigenvalue weighted by atomic mass is 15.7. The van der Waals surface area contributed by atoms with Crippen LogP contribution in [0.5, 0.6) is 0 Å². The standard InChI is InChI=1S/C38H26N4/c39-41-27-42(37-14-6-8-29(26-37)16-18-31-20-22-33-10-2-4-12-35(33)24-31)40-38(41)36-13-5-7-28(25-36)15-17-30-19-21-32-9-1-3-11-34(32)23-30/h1-14,19-26H,27,39H2. The SMILES string of the molecule is NN1CN(c2cccc(C#Cc3ccc4ccccc4c3)c2)N=C1c1cccc(C#Cc2ccc3ccccc3c2)c1. The molecule has 0 saturated heterocycles. The van der Waals surface area contributed by atoms with Crippen molar-refractivity contribution >= 4 is 33.1 Å². The van der Waals surface area contributed by atoms with E-state index >= 15 is 0 Å². The van der Waals surface area contributed by atoms with Crippen LogP contribution in [0.25, 0.3) is 21.5 Å². The van der Waals surface area contributed by atoms with Crippen molar-refractivity contribution in [3.05, 3.63) is 161 Å². The highest BCUT2D eigenvalue weighted by molar-refractivity contribution is 6.00. The van der Waals surface area contributed by atoms with Gasteiger partial charge in [0.2, 0.25) is 0 Å². The number of nitrogens with zero attached hydrogens (tertiary/aromatic N) is 3. The van der Waals surface area contributed by atoms with E-state index in [0.29, 0.717) is 12.5 Å². The summed E-state index contributed by atoms with van der Waals surface area (Å²) in [5.41, 5.74) is 5.63. The van der Waals surface area contributed by atoms with Crippen LogP contribution in [-0.2, 0) is 0 Å². The first-order valence-electron chi connectivity index (χ1n) is 13.8. The third-order valence-electron chi connectivity index (χ3n) is 7.24. The number of benzene rings is 6. The molecule has 198 valence electrons. The van der Waals surface area contributed by atoms with Crippen molar-refractivity contribution < 1.29 is 0 Å². The Morgan fingerprint density at radius 1 is 0.500 bits per heavy atom. The number of nitrogens with two attached hydrogens (primary N) is 1. The van der Waals surface area contributed by atoms with Gasteiger partial charge in [0.25, 0.3) is 0 Å². The highest BCUT2D eigenvalue weighted by Crippen LogP contribution is 2.23. The quantitative estimate of drug-likeness (QED) is 0.189. The minimum absolute atomic E-state index is 0.434. The maximum absolute atomic E-state index is 6.42. The van der Waals surface area contributed by atoms with Gasteiger partial charge in [-0.15, -0.1) is 0 Å². The molecule has 0 atom stereocenters. The Morgan fingerprint density at radius 2 is 1.02 bits per heavy atom. The van der Waals surface area contributed by atoms with Crippen LogP contribution in [0, 0.1) is 23.7 Å². The van der Waals surface area contributed by atoms with E-state index < -0.39 is 0 Å². The number of fused-ring (bicyclic) bond motifs is 2. The maximum Gasteiger partial charge on any atom is 0.172 e. The zero-order valence-corrected chi connectivity index (χ0v) is 22.8. The molecule has 4 heteroatoms. The highest BCUT2D eigenvalue weighted by Gasteiger charge is 2.23. The zero-order chi connectivity index (χ0) is 28.3. The fraction of sp³-hybridized carbons (Fsp3) is 0.0263. The van der Waals surface area contributed by atoms with Gasteiger partial charge in [-0.1, -0.05) is 103 Å². The summed E-state index contributed by atoms with van der Waals surface area (Å²) < 4.78 is 0. The van der Waals surface area contributed by atoms with E-state index in [4.69, 9.17) is 10.9 Å². The summed E-state index contributed by atoms with van der Waals surface area (Å²) in [6, 6.07) is 45.3. The lowest BCUT2D eigenvalue weighted by Gasteiger charge is -2.16. The van der Waals surface area contributed by atoms with Crippen molar-refractivity contribution in [2.75, 3.05) is 11.7 Å². The van der Waals surface area contributed by atoms with E-state index in [2.05, 4.69) is 84.3 Å². The van der Waals surface area contributed by atoms with Gasteiger partial charge in [-0.3, -0.25) is 5.01 Å². The summed E-state index contributed by atoms with van der Waals surface area (Å²) in [4.78, 5) is 0. The van der Waals surface area contributed by atoms with Gasteiger partial charge >= 0.3 is 0 Å². The molecule has 0 aliphatic carbocycles. The molecule has 1 heterocycles. The number of hydrogen-bond donors (Lipinski definition) is 1. The Bertz CT molecular complexity index is 2120. The van der Waals surface area contributed by atoms with Crippen LogP contribution in [0.4, 0.5) is 5.69 Å². The Kier molecular flexibility index (Phi) is 6.59. The Labute approximate surface area is 245 Å². The van der Waals surface area contributed by atoms with Crippen molar-refractivity contribution in [3.63, 3.8) is 0 Å². The molecule has 0 aromatic heterocycles. The van der Waals surface area contributed by atoms with Crippen molar-refractivity contribution in [1.29, 1.82) is 0 Å². The minimum Gasteiger partial charge on any atom is -0.271 e. The molecule has 0 fully saturated rings. The average molecular weight is 539 g/mol. The summed E-state index contributed by atoms with van der Waals surface area (Å²) in [5.74, 6) is 20.3. The van der Waals surface area contributed by atoms with Gasteiger partial charge in [0, 0.05) is 27.8 Å². The van der Waals surface area contributed by atoms with Crippen molar-refractivity contribution in [1.82, 2.24) is 5.01 Å². The number of amidine groups is 1. The van der Waals surface area contributed by atoms with Gasteiger partial charge in [0.1, 0.15) is 6.67 Å². The maximum atomic E-state index is 6.42. The molecule has 6 aromatic rings. The first kappa shape index (κ1) is 25.2. The van der Waals surface area contributed by atoms with Crippen LogP contribution in [0.3, 0.4) is 0 Å². The number of hydrazine groups is 1. The second kappa shape index (κ2) is 11.0. The topological polar surface area (TPSA) is 44.9 Å². The second-order valence-corrected chi connectivity index (χ2v) is 10.2. The van der Waals surface area contributed by atoms with E-state index in [1.165, 1.54) is 21.5 Å². The van der Waals surface area contributed by atoms with Crippen molar-refractivity contribution in [2.45, 2.75) is 0 Å². The first-order chi connectivity index (χ1) is 20.7. The molecular formula is C38H26N4. The Morgan fingerprint density at radius 3 is 1.64 bits per heavy atom. The lowest BCUT2D eigenvalue weighted by Crippen LogP contribution is -2.37. The Balaban J connectivity index is 1.11. The molecule has 7 rings (SSSR count). The molecule has 0 amide bonds. The molecule has 42 heavy (non-hydrogen) atoms. The van der Waals surface area contributed by atoms with Crippen LogP contribution >= 0.6 is 0 Å². The lowest BCUT2D eigenvalue weighted by atomic mass is 10.1. The molecule has 0 unspecified atom stereocenters. The third-order valence-corrected chi connectivity index (χ3v) is 7.24. The van der Waals surface area contributed by atoms with E-state index in [1.807, 2.05) is 77.8 Å². The predicted molar refractivity (Wildman–Crippen MR) is 173 cm³/mol. The number of anilines is 1. The average Bonchev–Trinajstić information content (AvgIpc) is 3.44. The van der Waals surface area contributed by atoms with Gasteiger partial charge < -0.3 is 0 Å². The molecule has 2 N–H and O–H groups in total. The van der Waals surface area contributed by atoms with Gasteiger partial charge in [0.05, 0.1) is 5.69 Å². The molecule has 1 aliphatic heterocycles. The minimum atomic E-state index is 0.434. The van der Waals surface area contributed by atoms with Crippen LogP contribution in [0.15, 0.2) is 139 Å². The summed E-state index contributed by atoms with van der Waals surface area (Å²) in [6.07, 6.45) is 0. The van der Waals surface area contributed by atoms with Crippen molar-refractivity contribution in [3.8, 4) is 23.7 Å². The van der Waals surface area contributed by atoms with Gasteiger partial charge in [0.15, 0.2) is 5.84 Å². The summed E-state index contributed by atoms with van der Waals surface area (Å²) in [7, 11) is 0. The molecular weight excluding hydrogens is 512 g/mol. The number of rotatable bonds is 2. The second-order valence-electron chi connectivity index (χ2n) is 10.2. The molecule has 4 nitrogen and oxygen atoms in total. The molecule has 6 aromatic carbocycles. The number of hydrogen-bond acceptors (Lipinski definition) is 4.